The maximum absolute atomic E-state index is 12.9. The number of amides is 2. The number of nitrogens with two attached hydrogens (primary N) is 1. The summed E-state index contributed by atoms with van der Waals surface area (Å²) in [4.78, 5) is 42.8. The molecule has 1 atom stereocenters. The number of rotatable bonds is 10. The molecule has 0 saturated carbocycles. The Morgan fingerprint density at radius 2 is 1.85 bits per heavy atom. The molecule has 3 N–H and O–H groups in total. The van der Waals surface area contributed by atoms with Gasteiger partial charge in [-0.3, -0.25) is 14.0 Å². The minimum absolute atomic E-state index is 0.125. The van der Waals surface area contributed by atoms with E-state index in [9.17, 15) is 9.59 Å². The highest BCUT2D eigenvalue weighted by atomic mass is 16.2. The molecule has 3 aromatic heterocycles. The lowest BCUT2D eigenvalue weighted by Gasteiger charge is -2.23. The van der Waals surface area contributed by atoms with Crippen LogP contribution in [0, 0.1) is 0 Å². The van der Waals surface area contributed by atoms with Gasteiger partial charge in [0.25, 0.3) is 5.91 Å². The number of hydrogen-bond acceptors (Lipinski definition) is 7. The number of nitrogens with zero attached hydrogens (tertiary/aromatic N) is 6. The summed E-state index contributed by atoms with van der Waals surface area (Å²) < 4.78 is 1.87. The quantitative estimate of drug-likeness (QED) is 0.289. The van der Waals surface area contributed by atoms with E-state index in [4.69, 9.17) is 10.7 Å². The molecule has 0 bridgehead atoms. The first kappa shape index (κ1) is 28.4. The fraction of sp³-hybridized carbons (Fsp3) is 0.300. The summed E-state index contributed by atoms with van der Waals surface area (Å²) in [6, 6.07) is 10.6. The lowest BCUT2D eigenvalue weighted by Crippen LogP contribution is -2.29. The van der Waals surface area contributed by atoms with E-state index in [1.54, 1.807) is 48.7 Å². The van der Waals surface area contributed by atoms with Crippen LogP contribution in [0.15, 0.2) is 67.1 Å². The Kier molecular flexibility index (Phi) is 8.90. The van der Waals surface area contributed by atoms with Crippen molar-refractivity contribution in [2.45, 2.75) is 32.7 Å². The number of aryl methyl sites for hydroxylation is 1. The topological polar surface area (TPSA) is 122 Å². The van der Waals surface area contributed by atoms with Crippen molar-refractivity contribution in [3.05, 3.63) is 84.1 Å². The van der Waals surface area contributed by atoms with Gasteiger partial charge < -0.3 is 20.9 Å². The summed E-state index contributed by atoms with van der Waals surface area (Å²) in [5.74, 6) is 1.12. The summed E-state index contributed by atoms with van der Waals surface area (Å²) in [6.07, 6.45) is 10.4. The van der Waals surface area contributed by atoms with E-state index in [1.807, 2.05) is 60.7 Å². The Balaban J connectivity index is 1.60. The molecule has 0 aliphatic heterocycles. The highest BCUT2D eigenvalue weighted by Gasteiger charge is 2.24. The van der Waals surface area contributed by atoms with E-state index in [0.717, 1.165) is 24.0 Å². The standard InChI is InChI=1S/C30H36N8O2/c1-6-8-21-14-15-32-24(19-21)34-30(40)23-12-10-22(11-13-23)26-27-28(31)33-16-18-38(27)29(35-26)20(2)37(5)25(39)9-7-17-36(3)4/h7,9-16,18-20H,6,8,17H2,1-5H3,(H2,31,33)(H,32,34,40). The van der Waals surface area contributed by atoms with Gasteiger partial charge in [0, 0.05) is 49.4 Å². The molecule has 0 radical (unpaired) electrons. The van der Waals surface area contributed by atoms with Crippen molar-refractivity contribution >= 4 is 29.0 Å². The van der Waals surface area contributed by atoms with Crippen LogP contribution in [0.1, 0.15) is 48.1 Å². The number of benzene rings is 1. The van der Waals surface area contributed by atoms with Crippen LogP contribution in [0.25, 0.3) is 16.8 Å². The maximum Gasteiger partial charge on any atom is 0.256 e. The van der Waals surface area contributed by atoms with E-state index < -0.39 is 0 Å². The third-order valence-electron chi connectivity index (χ3n) is 6.67. The summed E-state index contributed by atoms with van der Waals surface area (Å²) in [5, 5.41) is 2.87. The molecule has 0 aliphatic carbocycles. The SMILES string of the molecule is CCCc1ccnc(NC(=O)c2ccc(-c3nc(C(C)N(C)C(=O)C=CCN(C)C)n4ccnc(N)c34)cc2)c1. The molecule has 0 spiro atoms. The molecule has 3 heterocycles. The highest BCUT2D eigenvalue weighted by molar-refractivity contribution is 6.04. The molecule has 0 fully saturated rings. The predicted octanol–water partition coefficient (Wildman–Crippen LogP) is 4.22. The summed E-state index contributed by atoms with van der Waals surface area (Å²) in [6.45, 7) is 4.70. The van der Waals surface area contributed by atoms with E-state index in [1.165, 1.54) is 0 Å². The molecular weight excluding hydrogens is 504 g/mol. The number of aromatic nitrogens is 4. The van der Waals surface area contributed by atoms with Gasteiger partial charge in [0.15, 0.2) is 0 Å². The van der Waals surface area contributed by atoms with Gasteiger partial charge in [-0.05, 0) is 57.3 Å². The number of hydrogen-bond donors (Lipinski definition) is 2. The number of fused-ring (bicyclic) bond motifs is 1. The second kappa shape index (κ2) is 12.5. The Morgan fingerprint density at radius 1 is 1.10 bits per heavy atom. The Morgan fingerprint density at radius 3 is 2.55 bits per heavy atom. The summed E-state index contributed by atoms with van der Waals surface area (Å²) in [5.41, 5.74) is 9.95. The van der Waals surface area contributed by atoms with Crippen molar-refractivity contribution in [1.82, 2.24) is 29.2 Å². The normalized spacial score (nSPS) is 12.2. The van der Waals surface area contributed by atoms with Crippen LogP contribution in [0.3, 0.4) is 0 Å². The molecule has 40 heavy (non-hydrogen) atoms. The monoisotopic (exact) mass is 540 g/mol. The third kappa shape index (κ3) is 6.35. The van der Waals surface area contributed by atoms with Crippen LogP contribution in [0.4, 0.5) is 11.6 Å². The van der Waals surface area contributed by atoms with Crippen molar-refractivity contribution in [2.75, 3.05) is 38.7 Å². The minimum atomic E-state index is -0.347. The molecule has 2 amide bonds. The molecule has 1 unspecified atom stereocenters. The zero-order chi connectivity index (χ0) is 28.8. The molecule has 0 aliphatic rings. The Bertz CT molecular complexity index is 1520. The Labute approximate surface area is 234 Å². The number of likely N-dealkylation sites (N-methyl/N-ethyl adjacent to an activating group) is 2. The average Bonchev–Trinajstić information content (AvgIpc) is 3.33. The fourth-order valence-corrected chi connectivity index (χ4v) is 4.38. The molecule has 10 nitrogen and oxygen atoms in total. The molecule has 10 heteroatoms. The number of anilines is 2. The van der Waals surface area contributed by atoms with Crippen LogP contribution in [-0.2, 0) is 11.2 Å². The summed E-state index contributed by atoms with van der Waals surface area (Å²) in [7, 11) is 5.64. The van der Waals surface area contributed by atoms with Gasteiger partial charge in [-0.15, -0.1) is 0 Å². The Hall–Kier alpha value is -4.57. The van der Waals surface area contributed by atoms with E-state index in [2.05, 4.69) is 22.2 Å². The molecular formula is C30H36N8O2. The van der Waals surface area contributed by atoms with Crippen molar-refractivity contribution in [1.29, 1.82) is 0 Å². The van der Waals surface area contributed by atoms with Gasteiger partial charge in [0.1, 0.15) is 28.7 Å². The van der Waals surface area contributed by atoms with Crippen LogP contribution >= 0.6 is 0 Å². The smallest absolute Gasteiger partial charge is 0.256 e. The lowest BCUT2D eigenvalue weighted by atomic mass is 10.1. The third-order valence-corrected chi connectivity index (χ3v) is 6.67. The molecule has 4 aromatic rings. The number of imidazole rings is 1. The maximum atomic E-state index is 12.9. The number of nitrogens with one attached hydrogen (secondary N) is 1. The van der Waals surface area contributed by atoms with Crippen LogP contribution in [-0.4, -0.2) is 68.7 Å². The van der Waals surface area contributed by atoms with Crippen molar-refractivity contribution in [3.8, 4) is 11.3 Å². The molecule has 208 valence electrons. The highest BCUT2D eigenvalue weighted by Crippen LogP contribution is 2.31. The molecule has 0 saturated heterocycles. The van der Waals surface area contributed by atoms with E-state index >= 15 is 0 Å². The van der Waals surface area contributed by atoms with Crippen LogP contribution in [0.2, 0.25) is 0 Å². The predicted molar refractivity (Wildman–Crippen MR) is 158 cm³/mol. The average molecular weight is 541 g/mol. The molecule has 1 aromatic carbocycles. The van der Waals surface area contributed by atoms with Crippen molar-refractivity contribution in [3.63, 3.8) is 0 Å². The second-order valence-electron chi connectivity index (χ2n) is 9.97. The van der Waals surface area contributed by atoms with Crippen molar-refractivity contribution < 1.29 is 9.59 Å². The fourth-order valence-electron chi connectivity index (χ4n) is 4.38. The first-order chi connectivity index (χ1) is 19.2. The number of nitrogen functional groups attached to an aromatic ring is 1. The van der Waals surface area contributed by atoms with Gasteiger partial charge in [0.2, 0.25) is 5.91 Å². The van der Waals surface area contributed by atoms with Crippen LogP contribution in [0.5, 0.6) is 0 Å². The van der Waals surface area contributed by atoms with Gasteiger partial charge in [-0.1, -0.05) is 31.6 Å². The number of pyridine rings is 1. The first-order valence-electron chi connectivity index (χ1n) is 13.3. The molecule has 4 rings (SSSR count). The largest absolute Gasteiger partial charge is 0.382 e. The van der Waals surface area contributed by atoms with Gasteiger partial charge in [-0.2, -0.15) is 0 Å². The number of carbonyl (C=O) groups is 2. The van der Waals surface area contributed by atoms with Gasteiger partial charge >= 0.3 is 0 Å². The van der Waals surface area contributed by atoms with E-state index in [0.29, 0.717) is 40.8 Å². The zero-order valence-corrected chi connectivity index (χ0v) is 23.6. The van der Waals surface area contributed by atoms with Crippen molar-refractivity contribution in [2.24, 2.45) is 0 Å². The van der Waals surface area contributed by atoms with Gasteiger partial charge in [-0.25, -0.2) is 15.0 Å². The van der Waals surface area contributed by atoms with Crippen LogP contribution < -0.4 is 11.1 Å². The second-order valence-corrected chi connectivity index (χ2v) is 9.97. The first-order valence-corrected chi connectivity index (χ1v) is 13.3. The zero-order valence-electron chi connectivity index (χ0n) is 23.6. The minimum Gasteiger partial charge on any atom is -0.382 e. The van der Waals surface area contributed by atoms with Gasteiger partial charge in [0.05, 0.1) is 6.04 Å². The lowest BCUT2D eigenvalue weighted by molar-refractivity contribution is -0.126. The van der Waals surface area contributed by atoms with E-state index in [-0.39, 0.29) is 17.9 Å². The summed E-state index contributed by atoms with van der Waals surface area (Å²) >= 11 is 0. The number of carbonyl (C=O) groups excluding carboxylic acids is 2.